The fourth-order valence-electron chi connectivity index (χ4n) is 0.785. The van der Waals surface area contributed by atoms with Gasteiger partial charge in [0.25, 0.3) is 0 Å². The van der Waals surface area contributed by atoms with Crippen molar-refractivity contribution in [2.24, 2.45) is 0 Å². The molecule has 0 radical (unpaired) electrons. The smallest absolute Gasteiger partial charge is 0.375 e. The molecule has 0 aliphatic heterocycles. The summed E-state index contributed by atoms with van der Waals surface area (Å²) in [6.45, 7) is 5.26. The molecule has 0 heterocycles. The molecular weight excluding hydrogens is 196 g/mol. The number of hydrogen-bond acceptors (Lipinski definition) is 4. The third kappa shape index (κ3) is 6.29. The van der Waals surface area contributed by atoms with Crippen molar-refractivity contribution in [3.63, 3.8) is 0 Å². The minimum Gasteiger partial charge on any atom is -0.441 e. The van der Waals surface area contributed by atoms with Crippen molar-refractivity contribution in [1.82, 2.24) is 0 Å². The molecule has 0 aromatic rings. The van der Waals surface area contributed by atoms with E-state index in [0.717, 1.165) is 19.1 Å². The molecule has 0 N–H and O–H groups in total. The molecular formula is C11H14O4. The standard InChI is InChI=1S/C11H14O4/c1-3-5-6-7-10(8-12)15-11(9-13)14-4-2/h4,6-8,10H,2-3,5H2,1H3/b7-6+. The van der Waals surface area contributed by atoms with Gasteiger partial charge < -0.3 is 9.47 Å². The van der Waals surface area contributed by atoms with Crippen LogP contribution in [0.2, 0.25) is 0 Å². The van der Waals surface area contributed by atoms with Gasteiger partial charge in [-0.25, -0.2) is 4.79 Å². The Bertz CT molecular complexity index is 274. The number of ether oxygens (including phenoxy) is 2. The van der Waals surface area contributed by atoms with Crippen LogP contribution in [0.25, 0.3) is 0 Å². The maximum Gasteiger partial charge on any atom is 0.375 e. The molecule has 1 unspecified atom stereocenters. The zero-order valence-electron chi connectivity index (χ0n) is 8.64. The predicted octanol–water partition coefficient (Wildman–Crippen LogP) is 1.76. The van der Waals surface area contributed by atoms with Gasteiger partial charge >= 0.3 is 5.95 Å². The van der Waals surface area contributed by atoms with E-state index >= 15 is 0 Å². The topological polar surface area (TPSA) is 52.6 Å². The molecule has 0 amide bonds. The molecule has 0 saturated heterocycles. The maximum atomic E-state index is 10.6. The molecule has 15 heavy (non-hydrogen) atoms. The molecule has 0 fully saturated rings. The maximum absolute atomic E-state index is 10.6. The van der Waals surface area contributed by atoms with Gasteiger partial charge in [-0.1, -0.05) is 26.0 Å². The van der Waals surface area contributed by atoms with Crippen LogP contribution in [-0.4, -0.2) is 18.3 Å². The Kier molecular flexibility index (Phi) is 7.73. The highest BCUT2D eigenvalue weighted by Crippen LogP contribution is 2.02. The van der Waals surface area contributed by atoms with E-state index in [-0.39, 0.29) is 0 Å². The zero-order chi connectivity index (χ0) is 11.5. The molecule has 4 heteroatoms. The lowest BCUT2D eigenvalue weighted by Crippen LogP contribution is -2.12. The number of unbranched alkanes of at least 4 members (excludes halogenated alkanes) is 1. The Morgan fingerprint density at radius 1 is 1.60 bits per heavy atom. The van der Waals surface area contributed by atoms with Crippen molar-refractivity contribution < 1.29 is 19.1 Å². The summed E-state index contributed by atoms with van der Waals surface area (Å²) in [4.78, 5) is 20.8. The lowest BCUT2D eigenvalue weighted by molar-refractivity contribution is -0.115. The fraction of sp³-hybridized carbons (Fsp3) is 0.364. The van der Waals surface area contributed by atoms with Gasteiger partial charge in [-0.3, -0.25) is 4.79 Å². The Labute approximate surface area is 88.9 Å². The normalized spacial score (nSPS) is 11.5. The highest BCUT2D eigenvalue weighted by molar-refractivity contribution is 5.60. The summed E-state index contributed by atoms with van der Waals surface area (Å²) in [6, 6.07) is 0. The molecule has 0 aliphatic carbocycles. The third-order valence-electron chi connectivity index (χ3n) is 1.43. The lowest BCUT2D eigenvalue weighted by Gasteiger charge is -2.08. The quantitative estimate of drug-likeness (QED) is 0.265. The first kappa shape index (κ1) is 13.2. The molecule has 0 aromatic carbocycles. The lowest BCUT2D eigenvalue weighted by atomic mass is 10.2. The molecule has 0 rings (SSSR count). The number of rotatable bonds is 8. The average Bonchev–Trinajstić information content (AvgIpc) is 2.26. The summed E-state index contributed by atoms with van der Waals surface area (Å²) >= 11 is 0. The molecule has 1 atom stereocenters. The second kappa shape index (κ2) is 8.78. The summed E-state index contributed by atoms with van der Waals surface area (Å²) in [5, 5.41) is 0. The van der Waals surface area contributed by atoms with E-state index in [9.17, 15) is 9.59 Å². The van der Waals surface area contributed by atoms with Crippen molar-refractivity contribution in [1.29, 1.82) is 0 Å². The van der Waals surface area contributed by atoms with Gasteiger partial charge in [0, 0.05) is 0 Å². The van der Waals surface area contributed by atoms with Crippen LogP contribution in [0.4, 0.5) is 0 Å². The van der Waals surface area contributed by atoms with E-state index in [1.807, 2.05) is 6.92 Å². The Hall–Kier alpha value is -1.80. The van der Waals surface area contributed by atoms with Crippen LogP contribution in [0.1, 0.15) is 19.8 Å². The second-order valence-corrected chi connectivity index (χ2v) is 2.61. The Balaban J connectivity index is 4.24. The number of aldehydes is 1. The summed E-state index contributed by atoms with van der Waals surface area (Å²) in [6.07, 6.45) is 5.94. The Morgan fingerprint density at radius 3 is 2.80 bits per heavy atom. The van der Waals surface area contributed by atoms with Crippen LogP contribution in [0.15, 0.2) is 30.9 Å². The first-order chi connectivity index (χ1) is 7.28. The average molecular weight is 210 g/mol. The monoisotopic (exact) mass is 210 g/mol. The van der Waals surface area contributed by atoms with Crippen LogP contribution < -0.4 is 0 Å². The van der Waals surface area contributed by atoms with Gasteiger partial charge in [-0.05, 0) is 12.5 Å². The van der Waals surface area contributed by atoms with Gasteiger partial charge in [0.05, 0.1) is 6.26 Å². The first-order valence-electron chi connectivity index (χ1n) is 4.59. The zero-order valence-corrected chi connectivity index (χ0v) is 8.64. The molecule has 0 saturated carbocycles. The van der Waals surface area contributed by atoms with Crippen molar-refractivity contribution in [2.75, 3.05) is 0 Å². The second-order valence-electron chi connectivity index (χ2n) is 2.61. The van der Waals surface area contributed by atoms with Crippen LogP contribution in [0, 0.1) is 0 Å². The largest absolute Gasteiger partial charge is 0.441 e. The van der Waals surface area contributed by atoms with Crippen molar-refractivity contribution >= 4 is 12.2 Å². The van der Waals surface area contributed by atoms with Gasteiger partial charge in [0.1, 0.15) is 0 Å². The third-order valence-corrected chi connectivity index (χ3v) is 1.43. The van der Waals surface area contributed by atoms with Crippen LogP contribution in [0.5, 0.6) is 0 Å². The summed E-state index contributed by atoms with van der Waals surface area (Å²) in [7, 11) is 0. The van der Waals surface area contributed by atoms with Crippen molar-refractivity contribution in [3.05, 3.63) is 30.9 Å². The SMILES string of the molecule is C=COC(=C=O)OC(C=O)/C=C/CCC. The van der Waals surface area contributed by atoms with Crippen LogP contribution in [-0.2, 0) is 19.1 Å². The van der Waals surface area contributed by atoms with Gasteiger partial charge in [0.15, 0.2) is 12.4 Å². The number of allylic oxidation sites excluding steroid dienone is 1. The van der Waals surface area contributed by atoms with Crippen LogP contribution in [0.3, 0.4) is 0 Å². The van der Waals surface area contributed by atoms with Crippen molar-refractivity contribution in [3.8, 4) is 0 Å². The van der Waals surface area contributed by atoms with E-state index in [2.05, 4.69) is 11.3 Å². The minimum absolute atomic E-state index is 0.400. The highest BCUT2D eigenvalue weighted by Gasteiger charge is 2.07. The summed E-state index contributed by atoms with van der Waals surface area (Å²) in [5.41, 5.74) is 0. The van der Waals surface area contributed by atoms with E-state index < -0.39 is 12.0 Å². The first-order valence-corrected chi connectivity index (χ1v) is 4.59. The highest BCUT2D eigenvalue weighted by atomic mass is 16.7. The molecule has 0 aliphatic rings. The van der Waals surface area contributed by atoms with Crippen molar-refractivity contribution in [2.45, 2.75) is 25.9 Å². The summed E-state index contributed by atoms with van der Waals surface area (Å²) < 4.78 is 9.45. The number of carbonyl (C=O) groups excluding carboxylic acids is 2. The number of carbonyl (C=O) groups is 1. The van der Waals surface area contributed by atoms with E-state index in [1.165, 1.54) is 5.94 Å². The van der Waals surface area contributed by atoms with E-state index in [4.69, 9.17) is 4.74 Å². The fourth-order valence-corrected chi connectivity index (χ4v) is 0.785. The molecule has 0 aromatic heterocycles. The van der Waals surface area contributed by atoms with Crippen LogP contribution >= 0.6 is 0 Å². The minimum atomic E-state index is -0.826. The molecule has 0 bridgehead atoms. The van der Waals surface area contributed by atoms with Gasteiger partial charge in [0.2, 0.25) is 5.94 Å². The Morgan fingerprint density at radius 2 is 2.33 bits per heavy atom. The molecule has 82 valence electrons. The summed E-state index contributed by atoms with van der Waals surface area (Å²) in [5.74, 6) is 1.02. The molecule has 4 nitrogen and oxygen atoms in total. The van der Waals surface area contributed by atoms with E-state index in [1.54, 1.807) is 12.2 Å². The van der Waals surface area contributed by atoms with Gasteiger partial charge in [-0.2, -0.15) is 0 Å². The molecule has 0 spiro atoms. The van der Waals surface area contributed by atoms with Gasteiger partial charge in [-0.15, -0.1) is 0 Å². The number of hydrogen-bond donors (Lipinski definition) is 0. The predicted molar refractivity (Wildman–Crippen MR) is 55.5 cm³/mol. The van der Waals surface area contributed by atoms with E-state index in [0.29, 0.717) is 6.29 Å².